The van der Waals surface area contributed by atoms with Gasteiger partial charge in [-0.15, -0.1) is 0 Å². The van der Waals surface area contributed by atoms with Crippen molar-refractivity contribution in [2.24, 2.45) is 0 Å². The van der Waals surface area contributed by atoms with Crippen molar-refractivity contribution < 1.29 is 13.2 Å². The van der Waals surface area contributed by atoms with E-state index in [2.05, 4.69) is 20.6 Å². The van der Waals surface area contributed by atoms with Crippen LogP contribution in [0, 0.1) is 11.3 Å². The fourth-order valence-electron chi connectivity index (χ4n) is 2.28. The topological polar surface area (TPSA) is 73.6 Å². The maximum absolute atomic E-state index is 13.2. The van der Waals surface area contributed by atoms with Gasteiger partial charge in [0.2, 0.25) is 5.95 Å². The summed E-state index contributed by atoms with van der Waals surface area (Å²) in [6.07, 6.45) is -3.17. The first-order valence-corrected chi connectivity index (χ1v) is 7.97. The molecule has 2 aromatic carbocycles. The molecule has 1 aromatic heterocycles. The summed E-state index contributed by atoms with van der Waals surface area (Å²) >= 11 is 5.68. The number of anilines is 4. The van der Waals surface area contributed by atoms with Gasteiger partial charge in [0.25, 0.3) is 0 Å². The fraction of sp³-hybridized carbons (Fsp3) is 0.0556. The van der Waals surface area contributed by atoms with Crippen LogP contribution in [0.25, 0.3) is 0 Å². The summed E-state index contributed by atoms with van der Waals surface area (Å²) in [7, 11) is 0. The number of aromatic nitrogens is 2. The van der Waals surface area contributed by atoms with Gasteiger partial charge in [-0.05, 0) is 42.5 Å². The summed E-state index contributed by atoms with van der Waals surface area (Å²) in [6, 6.07) is 13.5. The maximum Gasteiger partial charge on any atom is 0.418 e. The Kier molecular flexibility index (Phi) is 5.14. The molecular weight excluding hydrogens is 379 g/mol. The molecule has 136 valence electrons. The minimum Gasteiger partial charge on any atom is -0.340 e. The number of hydrogen-bond acceptors (Lipinski definition) is 5. The van der Waals surface area contributed by atoms with Gasteiger partial charge in [0.05, 0.1) is 22.9 Å². The lowest BCUT2D eigenvalue weighted by Crippen LogP contribution is -2.09. The average molecular weight is 390 g/mol. The minimum absolute atomic E-state index is 0.0182. The molecule has 2 N–H and O–H groups in total. The van der Waals surface area contributed by atoms with E-state index in [0.29, 0.717) is 11.3 Å². The van der Waals surface area contributed by atoms with Crippen LogP contribution >= 0.6 is 11.6 Å². The van der Waals surface area contributed by atoms with Crippen molar-refractivity contribution >= 4 is 34.7 Å². The van der Waals surface area contributed by atoms with Crippen LogP contribution < -0.4 is 10.6 Å². The molecule has 0 saturated heterocycles. The third kappa shape index (κ3) is 4.65. The van der Waals surface area contributed by atoms with Gasteiger partial charge in [-0.25, -0.2) is 4.98 Å². The third-order valence-corrected chi connectivity index (χ3v) is 3.69. The van der Waals surface area contributed by atoms with Gasteiger partial charge < -0.3 is 10.6 Å². The standard InChI is InChI=1S/C18H11ClF3N5/c19-12-4-5-15(14(9-12)18(20,21)22)26-16-6-7-24-17(27-16)25-13-3-1-2-11(8-13)10-23/h1-9H,(H2,24,25,26,27). The predicted octanol–water partition coefficient (Wildman–Crippen LogP) is 5.51. The SMILES string of the molecule is N#Cc1cccc(Nc2nccc(Nc3ccc(Cl)cc3C(F)(F)F)n2)c1. The van der Waals surface area contributed by atoms with E-state index in [9.17, 15) is 13.2 Å². The van der Waals surface area contributed by atoms with Crippen molar-refractivity contribution in [1.82, 2.24) is 9.97 Å². The van der Waals surface area contributed by atoms with E-state index < -0.39 is 11.7 Å². The van der Waals surface area contributed by atoms with Crippen LogP contribution in [0.5, 0.6) is 0 Å². The summed E-state index contributed by atoms with van der Waals surface area (Å²) < 4.78 is 39.6. The van der Waals surface area contributed by atoms with Gasteiger partial charge in [-0.1, -0.05) is 17.7 Å². The molecule has 9 heteroatoms. The number of alkyl halides is 3. The molecule has 0 bridgehead atoms. The lowest BCUT2D eigenvalue weighted by molar-refractivity contribution is -0.136. The van der Waals surface area contributed by atoms with Crippen molar-refractivity contribution in [3.8, 4) is 6.07 Å². The maximum atomic E-state index is 13.2. The van der Waals surface area contributed by atoms with Gasteiger partial charge in [-0.3, -0.25) is 0 Å². The Balaban J connectivity index is 1.86. The lowest BCUT2D eigenvalue weighted by atomic mass is 10.1. The van der Waals surface area contributed by atoms with Gasteiger partial charge in [0, 0.05) is 16.9 Å². The molecule has 0 aliphatic rings. The van der Waals surface area contributed by atoms with Crippen molar-refractivity contribution in [2.75, 3.05) is 10.6 Å². The number of nitriles is 1. The molecule has 5 nitrogen and oxygen atoms in total. The van der Waals surface area contributed by atoms with Gasteiger partial charge >= 0.3 is 6.18 Å². The Bertz CT molecular complexity index is 1010. The number of benzene rings is 2. The van der Waals surface area contributed by atoms with Crippen molar-refractivity contribution in [2.45, 2.75) is 6.18 Å². The molecular formula is C18H11ClF3N5. The zero-order chi connectivity index (χ0) is 19.4. The monoisotopic (exact) mass is 389 g/mol. The predicted molar refractivity (Wildman–Crippen MR) is 96.2 cm³/mol. The molecule has 0 atom stereocenters. The van der Waals surface area contributed by atoms with Crippen LogP contribution in [0.15, 0.2) is 54.7 Å². The van der Waals surface area contributed by atoms with Gasteiger partial charge in [0.15, 0.2) is 0 Å². The molecule has 0 aliphatic heterocycles. The molecule has 0 fully saturated rings. The highest BCUT2D eigenvalue weighted by molar-refractivity contribution is 6.30. The van der Waals surface area contributed by atoms with Crippen LogP contribution in [0.3, 0.4) is 0 Å². The Labute approximate surface area is 157 Å². The van der Waals surface area contributed by atoms with Crippen LogP contribution in [0.4, 0.5) is 36.3 Å². The zero-order valence-electron chi connectivity index (χ0n) is 13.5. The van der Waals surface area contributed by atoms with E-state index in [1.807, 2.05) is 6.07 Å². The zero-order valence-corrected chi connectivity index (χ0v) is 14.3. The van der Waals surface area contributed by atoms with E-state index in [0.717, 1.165) is 6.07 Å². The smallest absolute Gasteiger partial charge is 0.340 e. The molecule has 27 heavy (non-hydrogen) atoms. The van der Waals surface area contributed by atoms with Crippen molar-refractivity contribution in [3.05, 3.63) is 70.9 Å². The van der Waals surface area contributed by atoms with E-state index in [1.54, 1.807) is 24.3 Å². The Hall–Kier alpha value is -3.31. The molecule has 0 spiro atoms. The first kappa shape index (κ1) is 18.5. The first-order valence-electron chi connectivity index (χ1n) is 7.59. The molecule has 0 amide bonds. The Morgan fingerprint density at radius 2 is 1.85 bits per heavy atom. The second-order valence-corrected chi connectivity index (χ2v) is 5.83. The van der Waals surface area contributed by atoms with E-state index >= 15 is 0 Å². The Morgan fingerprint density at radius 3 is 2.59 bits per heavy atom. The summed E-state index contributed by atoms with van der Waals surface area (Å²) in [5.41, 5.74) is -0.0493. The normalized spacial score (nSPS) is 10.9. The van der Waals surface area contributed by atoms with Crippen molar-refractivity contribution in [1.29, 1.82) is 5.26 Å². The molecule has 0 unspecified atom stereocenters. The summed E-state index contributed by atoms with van der Waals surface area (Å²) in [5, 5.41) is 14.4. The summed E-state index contributed by atoms with van der Waals surface area (Å²) in [5.74, 6) is 0.328. The largest absolute Gasteiger partial charge is 0.418 e. The number of halogens is 4. The quantitative estimate of drug-likeness (QED) is 0.615. The number of hydrogen-bond donors (Lipinski definition) is 2. The van der Waals surface area contributed by atoms with Crippen molar-refractivity contribution in [3.63, 3.8) is 0 Å². The number of nitrogens with one attached hydrogen (secondary N) is 2. The first-order chi connectivity index (χ1) is 12.8. The highest BCUT2D eigenvalue weighted by atomic mass is 35.5. The van der Waals surface area contributed by atoms with Crippen LogP contribution in [-0.4, -0.2) is 9.97 Å². The van der Waals surface area contributed by atoms with E-state index in [1.165, 1.54) is 24.4 Å². The van der Waals surface area contributed by atoms with Gasteiger partial charge in [-0.2, -0.15) is 23.4 Å². The third-order valence-electron chi connectivity index (χ3n) is 3.45. The van der Waals surface area contributed by atoms with Crippen LogP contribution in [0.2, 0.25) is 5.02 Å². The highest BCUT2D eigenvalue weighted by Gasteiger charge is 2.33. The second kappa shape index (κ2) is 7.51. The van der Waals surface area contributed by atoms with Crippen LogP contribution in [0.1, 0.15) is 11.1 Å². The number of rotatable bonds is 4. The minimum atomic E-state index is -4.57. The van der Waals surface area contributed by atoms with E-state index in [-0.39, 0.29) is 22.5 Å². The number of nitrogens with zero attached hydrogens (tertiary/aromatic N) is 3. The summed E-state index contributed by atoms with van der Waals surface area (Å²) in [4.78, 5) is 8.18. The Morgan fingerprint density at radius 1 is 1.04 bits per heavy atom. The molecule has 3 rings (SSSR count). The van der Waals surface area contributed by atoms with Gasteiger partial charge in [0.1, 0.15) is 5.82 Å². The lowest BCUT2D eigenvalue weighted by Gasteiger charge is -2.15. The molecule has 0 radical (unpaired) electrons. The fourth-order valence-corrected chi connectivity index (χ4v) is 2.45. The molecule has 0 saturated carbocycles. The molecule has 1 heterocycles. The van der Waals surface area contributed by atoms with Crippen LogP contribution in [-0.2, 0) is 6.18 Å². The molecule has 0 aliphatic carbocycles. The molecule has 3 aromatic rings. The van der Waals surface area contributed by atoms with E-state index in [4.69, 9.17) is 16.9 Å². The summed E-state index contributed by atoms with van der Waals surface area (Å²) in [6.45, 7) is 0. The highest BCUT2D eigenvalue weighted by Crippen LogP contribution is 2.37. The second-order valence-electron chi connectivity index (χ2n) is 5.40. The average Bonchev–Trinajstić information content (AvgIpc) is 2.63.